The van der Waals surface area contributed by atoms with Crippen molar-refractivity contribution in [2.24, 2.45) is 0 Å². The van der Waals surface area contributed by atoms with Crippen molar-refractivity contribution < 1.29 is 17.6 Å². The van der Waals surface area contributed by atoms with Gasteiger partial charge in [0.15, 0.2) is 5.82 Å². The number of nitrogens with zero attached hydrogens (tertiary/aromatic N) is 3. The van der Waals surface area contributed by atoms with Gasteiger partial charge in [-0.1, -0.05) is 18.2 Å². The molecule has 0 fully saturated rings. The molecule has 2 aromatic carbocycles. The maximum atomic E-state index is 12.9. The molecule has 0 radical (unpaired) electrons. The molecule has 2 N–H and O–H groups in total. The van der Waals surface area contributed by atoms with Gasteiger partial charge in [0.25, 0.3) is 0 Å². The zero-order chi connectivity index (χ0) is 18.6. The van der Waals surface area contributed by atoms with Crippen LogP contribution >= 0.6 is 0 Å². The molecule has 134 valence electrons. The molecule has 26 heavy (non-hydrogen) atoms. The molecule has 0 bridgehead atoms. The van der Waals surface area contributed by atoms with Crippen LogP contribution in [0, 0.1) is 5.82 Å². The van der Waals surface area contributed by atoms with Crippen molar-refractivity contribution in [3.63, 3.8) is 0 Å². The first-order valence-corrected chi connectivity index (χ1v) is 7.52. The van der Waals surface area contributed by atoms with Crippen molar-refractivity contribution in [3.8, 4) is 0 Å². The van der Waals surface area contributed by atoms with E-state index in [2.05, 4.69) is 25.8 Å². The molecule has 5 nitrogen and oxygen atoms in total. The summed E-state index contributed by atoms with van der Waals surface area (Å²) in [6.45, 7) is 0.342. The Kier molecular flexibility index (Phi) is 4.97. The van der Waals surface area contributed by atoms with Gasteiger partial charge >= 0.3 is 6.18 Å². The predicted molar refractivity (Wildman–Crippen MR) is 88.3 cm³/mol. The summed E-state index contributed by atoms with van der Waals surface area (Å²) < 4.78 is 51.2. The summed E-state index contributed by atoms with van der Waals surface area (Å²) in [6.07, 6.45) is -3.13. The van der Waals surface area contributed by atoms with Crippen LogP contribution in [0.4, 0.5) is 35.0 Å². The Hall–Kier alpha value is -3.23. The van der Waals surface area contributed by atoms with E-state index in [0.717, 1.165) is 17.7 Å². The molecule has 1 heterocycles. The van der Waals surface area contributed by atoms with E-state index in [4.69, 9.17) is 0 Å². The Morgan fingerprint density at radius 3 is 2.50 bits per heavy atom. The highest BCUT2D eigenvalue weighted by Crippen LogP contribution is 2.31. The SMILES string of the molecule is Fc1ccc(CNc2nncc(Nc3cccc(C(F)(F)F)c3)n2)cc1. The van der Waals surface area contributed by atoms with Crippen LogP contribution in [0.3, 0.4) is 0 Å². The number of anilines is 3. The number of alkyl halides is 3. The molecule has 1 aromatic heterocycles. The fraction of sp³-hybridized carbons (Fsp3) is 0.118. The highest BCUT2D eigenvalue weighted by Gasteiger charge is 2.30. The molecule has 9 heteroatoms. The number of rotatable bonds is 5. The van der Waals surface area contributed by atoms with E-state index in [1.807, 2.05) is 0 Å². The second-order valence-electron chi connectivity index (χ2n) is 5.35. The van der Waals surface area contributed by atoms with Gasteiger partial charge in [-0.2, -0.15) is 23.3 Å². The summed E-state index contributed by atoms with van der Waals surface area (Å²) in [5, 5.41) is 13.2. The van der Waals surface area contributed by atoms with Crippen molar-refractivity contribution >= 4 is 17.5 Å². The number of hydrogen-bond donors (Lipinski definition) is 2. The summed E-state index contributed by atoms with van der Waals surface area (Å²) in [7, 11) is 0. The molecule has 3 rings (SSSR count). The van der Waals surface area contributed by atoms with E-state index >= 15 is 0 Å². The molecule has 0 aliphatic rings. The first kappa shape index (κ1) is 17.6. The van der Waals surface area contributed by atoms with E-state index < -0.39 is 11.7 Å². The van der Waals surface area contributed by atoms with E-state index in [-0.39, 0.29) is 23.3 Å². The molecule has 0 spiro atoms. The van der Waals surface area contributed by atoms with E-state index in [9.17, 15) is 17.6 Å². The van der Waals surface area contributed by atoms with Crippen molar-refractivity contribution in [2.75, 3.05) is 10.6 Å². The third-order valence-corrected chi connectivity index (χ3v) is 3.39. The summed E-state index contributed by atoms with van der Waals surface area (Å²) in [5.41, 5.74) is 0.273. The molecule has 0 atom stereocenters. The molecule has 0 aliphatic carbocycles. The van der Waals surface area contributed by atoms with Crippen LogP contribution in [0.1, 0.15) is 11.1 Å². The third kappa shape index (κ3) is 4.65. The number of nitrogens with one attached hydrogen (secondary N) is 2. The van der Waals surface area contributed by atoms with Crippen LogP contribution in [-0.2, 0) is 12.7 Å². The van der Waals surface area contributed by atoms with Gasteiger partial charge in [0.05, 0.1) is 11.8 Å². The highest BCUT2D eigenvalue weighted by atomic mass is 19.4. The van der Waals surface area contributed by atoms with Gasteiger partial charge in [0.2, 0.25) is 5.95 Å². The third-order valence-electron chi connectivity index (χ3n) is 3.39. The Morgan fingerprint density at radius 2 is 1.77 bits per heavy atom. The lowest BCUT2D eigenvalue weighted by atomic mass is 10.2. The molecule has 0 saturated heterocycles. The topological polar surface area (TPSA) is 62.7 Å². The van der Waals surface area contributed by atoms with Crippen LogP contribution in [0.15, 0.2) is 54.7 Å². The minimum Gasteiger partial charge on any atom is -0.349 e. The molecule has 0 amide bonds. The zero-order valence-corrected chi connectivity index (χ0v) is 13.3. The van der Waals surface area contributed by atoms with Crippen LogP contribution in [0.25, 0.3) is 0 Å². The highest BCUT2D eigenvalue weighted by molar-refractivity contribution is 5.57. The average molecular weight is 363 g/mol. The van der Waals surface area contributed by atoms with Crippen molar-refractivity contribution in [2.45, 2.75) is 12.7 Å². The normalized spacial score (nSPS) is 11.2. The Bertz CT molecular complexity index is 881. The minimum atomic E-state index is -4.43. The van der Waals surface area contributed by atoms with Gasteiger partial charge in [-0.25, -0.2) is 4.39 Å². The fourth-order valence-corrected chi connectivity index (χ4v) is 2.14. The van der Waals surface area contributed by atoms with Gasteiger partial charge < -0.3 is 10.6 Å². The Labute approximate surface area is 146 Å². The van der Waals surface area contributed by atoms with Gasteiger partial charge in [0.1, 0.15) is 5.82 Å². The smallest absolute Gasteiger partial charge is 0.349 e. The zero-order valence-electron chi connectivity index (χ0n) is 13.3. The first-order chi connectivity index (χ1) is 12.4. The number of benzene rings is 2. The number of halogens is 4. The quantitative estimate of drug-likeness (QED) is 0.659. The van der Waals surface area contributed by atoms with Gasteiger partial charge in [-0.3, -0.25) is 0 Å². The largest absolute Gasteiger partial charge is 0.416 e. The fourth-order valence-electron chi connectivity index (χ4n) is 2.14. The van der Waals surface area contributed by atoms with Gasteiger partial charge in [-0.05, 0) is 35.9 Å². The van der Waals surface area contributed by atoms with E-state index in [1.165, 1.54) is 30.5 Å². The Morgan fingerprint density at radius 1 is 1.00 bits per heavy atom. The lowest BCUT2D eigenvalue weighted by Crippen LogP contribution is -2.07. The maximum absolute atomic E-state index is 12.9. The van der Waals surface area contributed by atoms with Gasteiger partial charge in [0, 0.05) is 12.2 Å². The summed E-state index contributed by atoms with van der Waals surface area (Å²) in [5.74, 6) is 0.0891. The first-order valence-electron chi connectivity index (χ1n) is 7.52. The molecule has 0 saturated carbocycles. The maximum Gasteiger partial charge on any atom is 0.416 e. The van der Waals surface area contributed by atoms with Crippen LogP contribution in [-0.4, -0.2) is 15.2 Å². The lowest BCUT2D eigenvalue weighted by molar-refractivity contribution is -0.137. The number of hydrogen-bond acceptors (Lipinski definition) is 5. The van der Waals surface area contributed by atoms with Crippen molar-refractivity contribution in [3.05, 3.63) is 71.7 Å². The van der Waals surface area contributed by atoms with E-state index in [0.29, 0.717) is 6.54 Å². The average Bonchev–Trinajstić information content (AvgIpc) is 2.61. The molecular formula is C17H13F4N5. The molecule has 3 aromatic rings. The van der Waals surface area contributed by atoms with E-state index in [1.54, 1.807) is 12.1 Å². The van der Waals surface area contributed by atoms with Crippen LogP contribution in [0.2, 0.25) is 0 Å². The van der Waals surface area contributed by atoms with Crippen LogP contribution < -0.4 is 10.6 Å². The molecule has 0 aliphatic heterocycles. The summed E-state index contributed by atoms with van der Waals surface area (Å²) in [4.78, 5) is 4.14. The minimum absolute atomic E-state index is 0.186. The second-order valence-corrected chi connectivity index (χ2v) is 5.35. The standard InChI is InChI=1S/C17H13F4N5/c18-13-6-4-11(5-7-13)9-22-16-25-15(10-23-26-16)24-14-3-1-2-12(8-14)17(19,20)21/h1-8,10H,9H2,(H2,22,24,25,26). The van der Waals surface area contributed by atoms with Gasteiger partial charge in [-0.15, -0.1) is 5.10 Å². The van der Waals surface area contributed by atoms with Crippen LogP contribution in [0.5, 0.6) is 0 Å². The summed E-state index contributed by atoms with van der Waals surface area (Å²) in [6, 6.07) is 10.6. The summed E-state index contributed by atoms with van der Waals surface area (Å²) >= 11 is 0. The number of aromatic nitrogens is 3. The monoisotopic (exact) mass is 363 g/mol. The van der Waals surface area contributed by atoms with Crippen molar-refractivity contribution in [1.82, 2.24) is 15.2 Å². The second kappa shape index (κ2) is 7.34. The Balaban J connectivity index is 1.68. The van der Waals surface area contributed by atoms with Crippen molar-refractivity contribution in [1.29, 1.82) is 0 Å². The molecular weight excluding hydrogens is 350 g/mol. The lowest BCUT2D eigenvalue weighted by Gasteiger charge is -2.10. The predicted octanol–water partition coefficient (Wildman–Crippen LogP) is 4.39. The molecule has 0 unspecified atom stereocenters.